The molecule has 1 aliphatic heterocycles. The maximum atomic E-state index is 11.1. The number of rotatable bonds is 28. The number of carbonyl (C=O) groups excluding carboxylic acids is 1. The lowest BCUT2D eigenvalue weighted by molar-refractivity contribution is -0.139. The summed E-state index contributed by atoms with van der Waals surface area (Å²) in [6, 6.07) is 0. The van der Waals surface area contributed by atoms with Crippen LogP contribution < -0.4 is 5.32 Å². The van der Waals surface area contributed by atoms with E-state index in [1.807, 2.05) is 0 Å². The highest BCUT2D eigenvalue weighted by molar-refractivity contribution is 5.82. The number of nitrogens with one attached hydrogen (secondary N) is 1. The molecule has 280 valence electrons. The van der Waals surface area contributed by atoms with Gasteiger partial charge in [-0.2, -0.15) is 0 Å². The van der Waals surface area contributed by atoms with Crippen molar-refractivity contribution in [2.45, 2.75) is 174 Å². The second-order valence-electron chi connectivity index (χ2n) is 13.9. The molecule has 0 aromatic carbocycles. The Morgan fingerprint density at radius 3 is 1.56 bits per heavy atom. The van der Waals surface area contributed by atoms with Gasteiger partial charge in [0.05, 0.1) is 25.3 Å². The molecule has 1 amide bonds. The molecule has 1 heterocycles. The third kappa shape index (κ3) is 31.6. The minimum Gasteiger partial charge on any atom is -0.373 e. The summed E-state index contributed by atoms with van der Waals surface area (Å²) in [7, 11) is 8.27. The van der Waals surface area contributed by atoms with Gasteiger partial charge in [0.1, 0.15) is 12.9 Å². The first kappa shape index (κ1) is 46.4. The van der Waals surface area contributed by atoms with Gasteiger partial charge in [0.2, 0.25) is 5.91 Å². The SMILES string of the molecule is CCCCCCCCOCOC1CCNC1=O.CCCCCCC[C@H](CC#CCN(C)C)O[C@@H](CC#CCN(C)C)CCCCCCC. The number of hydrogen-bond acceptors (Lipinski definition) is 6. The molecular weight excluding hydrogens is 598 g/mol. The van der Waals surface area contributed by atoms with Crippen molar-refractivity contribution in [3.63, 3.8) is 0 Å². The summed E-state index contributed by atoms with van der Waals surface area (Å²) in [4.78, 5) is 15.4. The highest BCUT2D eigenvalue weighted by Gasteiger charge is 2.24. The summed E-state index contributed by atoms with van der Waals surface area (Å²) < 4.78 is 17.3. The normalized spacial score (nSPS) is 15.3. The Labute approximate surface area is 298 Å². The Bertz CT molecular complexity index is 796. The van der Waals surface area contributed by atoms with Crippen LogP contribution in [0.1, 0.15) is 156 Å². The zero-order valence-corrected chi connectivity index (χ0v) is 32.6. The van der Waals surface area contributed by atoms with E-state index in [1.165, 1.54) is 96.3 Å². The highest BCUT2D eigenvalue weighted by atomic mass is 16.7. The Morgan fingerprint density at radius 1 is 0.667 bits per heavy atom. The smallest absolute Gasteiger partial charge is 0.249 e. The molecule has 0 saturated carbocycles. The molecule has 7 heteroatoms. The van der Waals surface area contributed by atoms with Crippen LogP contribution in [-0.2, 0) is 19.0 Å². The Hall–Kier alpha value is -1.61. The minimum atomic E-state index is -0.292. The monoisotopic (exact) mass is 676 g/mol. The van der Waals surface area contributed by atoms with Crippen molar-refractivity contribution < 1.29 is 19.0 Å². The van der Waals surface area contributed by atoms with E-state index in [2.05, 4.69) is 87.8 Å². The van der Waals surface area contributed by atoms with Gasteiger partial charge in [-0.25, -0.2) is 0 Å². The van der Waals surface area contributed by atoms with E-state index in [0.717, 1.165) is 64.8 Å². The number of ether oxygens (including phenoxy) is 3. The van der Waals surface area contributed by atoms with Crippen molar-refractivity contribution in [2.75, 3.05) is 61.2 Å². The molecule has 0 aromatic rings. The fourth-order valence-corrected chi connectivity index (χ4v) is 5.36. The molecule has 7 nitrogen and oxygen atoms in total. The van der Waals surface area contributed by atoms with Crippen molar-refractivity contribution >= 4 is 5.91 Å². The third-order valence-electron chi connectivity index (χ3n) is 8.34. The quantitative estimate of drug-likeness (QED) is 0.0509. The number of amides is 1. The van der Waals surface area contributed by atoms with Gasteiger partial charge in [0.25, 0.3) is 0 Å². The van der Waals surface area contributed by atoms with E-state index in [4.69, 9.17) is 14.2 Å². The molecule has 1 saturated heterocycles. The van der Waals surface area contributed by atoms with Gasteiger partial charge in [-0.3, -0.25) is 14.6 Å². The summed E-state index contributed by atoms with van der Waals surface area (Å²) in [5.41, 5.74) is 0. The topological polar surface area (TPSA) is 63.3 Å². The lowest BCUT2D eigenvalue weighted by Gasteiger charge is -2.23. The summed E-state index contributed by atoms with van der Waals surface area (Å²) in [6.45, 7) is 10.1. The molecule has 1 N–H and O–H groups in total. The molecule has 48 heavy (non-hydrogen) atoms. The summed E-state index contributed by atoms with van der Waals surface area (Å²) in [5, 5.41) is 2.73. The van der Waals surface area contributed by atoms with Crippen molar-refractivity contribution in [1.82, 2.24) is 15.1 Å². The summed E-state index contributed by atoms with van der Waals surface area (Å²) in [5.74, 6) is 13.3. The van der Waals surface area contributed by atoms with E-state index < -0.39 is 0 Å². The van der Waals surface area contributed by atoms with Crippen LogP contribution >= 0.6 is 0 Å². The van der Waals surface area contributed by atoms with Crippen molar-refractivity contribution in [3.05, 3.63) is 0 Å². The first-order valence-electron chi connectivity index (χ1n) is 19.7. The van der Waals surface area contributed by atoms with Gasteiger partial charge in [-0.05, 0) is 47.5 Å². The molecule has 1 unspecified atom stereocenters. The van der Waals surface area contributed by atoms with Gasteiger partial charge in [-0.1, -0.05) is 141 Å². The molecule has 1 aliphatic rings. The molecule has 0 aliphatic carbocycles. The first-order chi connectivity index (χ1) is 23.3. The fourth-order valence-electron chi connectivity index (χ4n) is 5.36. The van der Waals surface area contributed by atoms with Crippen LogP contribution in [-0.4, -0.2) is 95.2 Å². The van der Waals surface area contributed by atoms with Gasteiger partial charge in [0.15, 0.2) is 0 Å². The highest BCUT2D eigenvalue weighted by Crippen LogP contribution is 2.19. The molecule has 3 atom stereocenters. The summed E-state index contributed by atoms with van der Waals surface area (Å²) in [6.07, 6.45) is 25.5. The third-order valence-corrected chi connectivity index (χ3v) is 8.34. The lowest BCUT2D eigenvalue weighted by Crippen LogP contribution is -2.26. The maximum Gasteiger partial charge on any atom is 0.249 e. The van der Waals surface area contributed by atoms with Crippen LogP contribution in [0.3, 0.4) is 0 Å². The van der Waals surface area contributed by atoms with E-state index in [1.54, 1.807) is 0 Å². The lowest BCUT2D eigenvalue weighted by atomic mass is 10.0. The second-order valence-corrected chi connectivity index (χ2v) is 13.9. The van der Waals surface area contributed by atoms with E-state index in [-0.39, 0.29) is 31.0 Å². The predicted octanol–water partition coefficient (Wildman–Crippen LogP) is 8.60. The Balaban J connectivity index is 0.00000109. The Morgan fingerprint density at radius 2 is 1.12 bits per heavy atom. The molecule has 1 fully saturated rings. The second kappa shape index (κ2) is 35.2. The minimum absolute atomic E-state index is 0.00633. The number of nitrogens with zero attached hydrogens (tertiary/aromatic N) is 2. The van der Waals surface area contributed by atoms with Crippen molar-refractivity contribution in [3.8, 4) is 23.7 Å². The van der Waals surface area contributed by atoms with Crippen LogP contribution in [0.25, 0.3) is 0 Å². The number of hydrogen-bond donors (Lipinski definition) is 1. The largest absolute Gasteiger partial charge is 0.373 e. The van der Waals surface area contributed by atoms with E-state index >= 15 is 0 Å². The molecule has 0 spiro atoms. The zero-order valence-electron chi connectivity index (χ0n) is 32.6. The molecule has 0 bridgehead atoms. The van der Waals surface area contributed by atoms with Crippen molar-refractivity contribution in [2.24, 2.45) is 0 Å². The predicted molar refractivity (Wildman–Crippen MR) is 204 cm³/mol. The summed E-state index contributed by atoms with van der Waals surface area (Å²) >= 11 is 0. The van der Waals surface area contributed by atoms with E-state index in [9.17, 15) is 4.79 Å². The fraction of sp³-hybridized carbons (Fsp3) is 0.878. The average molecular weight is 676 g/mol. The molecular formula is C41H77N3O4. The number of carbonyl (C=O) groups is 1. The van der Waals surface area contributed by atoms with E-state index in [0.29, 0.717) is 0 Å². The van der Waals surface area contributed by atoms with Crippen LogP contribution in [0.2, 0.25) is 0 Å². The van der Waals surface area contributed by atoms with Crippen molar-refractivity contribution in [1.29, 1.82) is 0 Å². The van der Waals surface area contributed by atoms with Gasteiger partial charge in [-0.15, -0.1) is 0 Å². The zero-order chi connectivity index (χ0) is 35.5. The van der Waals surface area contributed by atoms with Crippen LogP contribution in [0, 0.1) is 23.7 Å². The average Bonchev–Trinajstić information content (AvgIpc) is 3.47. The molecule has 0 aromatic heterocycles. The Kier molecular flexibility index (Phi) is 34.0. The van der Waals surface area contributed by atoms with Gasteiger partial charge < -0.3 is 19.5 Å². The molecule has 1 rings (SSSR count). The van der Waals surface area contributed by atoms with Gasteiger partial charge in [0, 0.05) is 32.4 Å². The molecule has 0 radical (unpaired) electrons. The van der Waals surface area contributed by atoms with Crippen LogP contribution in [0.5, 0.6) is 0 Å². The number of unbranched alkanes of at least 4 members (excludes halogenated alkanes) is 13. The van der Waals surface area contributed by atoms with Crippen LogP contribution in [0.4, 0.5) is 0 Å². The van der Waals surface area contributed by atoms with Crippen LogP contribution in [0.15, 0.2) is 0 Å². The maximum absolute atomic E-state index is 11.1. The van der Waals surface area contributed by atoms with Gasteiger partial charge >= 0.3 is 0 Å². The first-order valence-corrected chi connectivity index (χ1v) is 19.7. The standard InChI is InChI=1S/C28H52N2O.C13H25NO3/c1-7-9-11-13-15-21-27(23-17-19-25-29(3)4)31-28(22-16-14-12-10-8-2)24-18-20-26-30(5)6;1-2-3-4-5-6-7-10-16-11-17-12-8-9-14-13(12)15/h27-28H,7-16,21-26H2,1-6H3;12H,2-11H2,1H3,(H,14,15)/t27-,28-;/m1./s1.